The van der Waals surface area contributed by atoms with Crippen LogP contribution >= 0.6 is 0 Å². The first kappa shape index (κ1) is 23.1. The van der Waals surface area contributed by atoms with E-state index in [4.69, 9.17) is 9.47 Å². The molecular weight excluding hydrogens is 442 g/mol. The van der Waals surface area contributed by atoms with Gasteiger partial charge in [-0.25, -0.2) is 0 Å². The summed E-state index contributed by atoms with van der Waals surface area (Å²) in [6, 6.07) is 20.5. The van der Waals surface area contributed by atoms with Crippen molar-refractivity contribution in [2.75, 3.05) is 27.3 Å². The summed E-state index contributed by atoms with van der Waals surface area (Å²) in [7, 11) is 3.30. The van der Waals surface area contributed by atoms with Crippen LogP contribution in [-0.2, 0) is 10.2 Å². The zero-order chi connectivity index (χ0) is 24.4. The number of nitrogens with zero attached hydrogens (tertiary/aromatic N) is 2. The molecule has 2 aromatic carbocycles. The van der Waals surface area contributed by atoms with Gasteiger partial charge in [0.15, 0.2) is 0 Å². The largest absolute Gasteiger partial charge is 0.497 e. The molecular formula is C28H29N3O4. The molecule has 1 aromatic heterocycles. The molecule has 1 aliphatic carbocycles. The number of likely N-dealkylation sites (tertiary alicyclic amines) is 1. The molecule has 5 rings (SSSR count). The van der Waals surface area contributed by atoms with Crippen LogP contribution in [0.25, 0.3) is 0 Å². The SMILES string of the molecule is COc1cccc(C(=O)N2CCC3(CC2)c2ccccc2[C@@H](NC(=O)c2ccccn2)[C@@H]3OC)c1. The number of amides is 2. The first-order valence-corrected chi connectivity index (χ1v) is 11.8. The summed E-state index contributed by atoms with van der Waals surface area (Å²) in [4.78, 5) is 32.3. The second-order valence-corrected chi connectivity index (χ2v) is 9.09. The predicted molar refractivity (Wildman–Crippen MR) is 131 cm³/mol. The fourth-order valence-electron chi connectivity index (χ4n) is 5.69. The Labute approximate surface area is 205 Å². The number of piperidine rings is 1. The van der Waals surface area contributed by atoms with E-state index in [9.17, 15) is 9.59 Å². The lowest BCUT2D eigenvalue weighted by molar-refractivity contribution is -0.00933. The van der Waals surface area contributed by atoms with Gasteiger partial charge in [-0.3, -0.25) is 14.6 Å². The molecule has 1 saturated heterocycles. The highest BCUT2D eigenvalue weighted by Crippen LogP contribution is 2.52. The quantitative estimate of drug-likeness (QED) is 0.613. The Balaban J connectivity index is 1.39. The molecule has 1 N–H and O–H groups in total. The molecule has 2 atom stereocenters. The van der Waals surface area contributed by atoms with E-state index in [1.165, 1.54) is 5.56 Å². The average Bonchev–Trinajstić information content (AvgIpc) is 3.17. The van der Waals surface area contributed by atoms with Gasteiger partial charge in [0.25, 0.3) is 11.8 Å². The summed E-state index contributed by atoms with van der Waals surface area (Å²) in [5, 5.41) is 3.18. The molecule has 0 unspecified atom stereocenters. The monoisotopic (exact) mass is 471 g/mol. The van der Waals surface area contributed by atoms with Gasteiger partial charge in [0.1, 0.15) is 11.4 Å². The van der Waals surface area contributed by atoms with E-state index >= 15 is 0 Å². The molecule has 1 aliphatic heterocycles. The topological polar surface area (TPSA) is 80.8 Å². The number of rotatable bonds is 5. The van der Waals surface area contributed by atoms with Crippen molar-refractivity contribution in [3.63, 3.8) is 0 Å². The molecule has 35 heavy (non-hydrogen) atoms. The molecule has 3 aromatic rings. The lowest BCUT2D eigenvalue weighted by Gasteiger charge is -2.44. The van der Waals surface area contributed by atoms with Crippen molar-refractivity contribution in [1.82, 2.24) is 15.2 Å². The Hall–Kier alpha value is -3.71. The molecule has 1 spiro atoms. The van der Waals surface area contributed by atoms with Crippen molar-refractivity contribution in [1.29, 1.82) is 0 Å². The summed E-state index contributed by atoms with van der Waals surface area (Å²) < 4.78 is 11.4. The highest BCUT2D eigenvalue weighted by molar-refractivity contribution is 5.95. The molecule has 7 nitrogen and oxygen atoms in total. The van der Waals surface area contributed by atoms with Crippen LogP contribution in [0.15, 0.2) is 72.9 Å². The fourth-order valence-corrected chi connectivity index (χ4v) is 5.69. The zero-order valence-electron chi connectivity index (χ0n) is 19.9. The molecule has 2 aliphatic rings. The average molecular weight is 472 g/mol. The maximum Gasteiger partial charge on any atom is 0.270 e. The number of ether oxygens (including phenoxy) is 2. The number of benzene rings is 2. The van der Waals surface area contributed by atoms with Crippen molar-refractivity contribution >= 4 is 11.8 Å². The first-order chi connectivity index (χ1) is 17.1. The van der Waals surface area contributed by atoms with Crippen molar-refractivity contribution in [2.24, 2.45) is 0 Å². The van der Waals surface area contributed by atoms with Crippen LogP contribution in [0.3, 0.4) is 0 Å². The van der Waals surface area contributed by atoms with Gasteiger partial charge >= 0.3 is 0 Å². The van der Waals surface area contributed by atoms with Gasteiger partial charge in [-0.1, -0.05) is 36.4 Å². The number of pyridine rings is 1. The Morgan fingerprint density at radius 1 is 1.00 bits per heavy atom. The fraction of sp³-hybridized carbons (Fsp3) is 0.321. The Kier molecular flexibility index (Phi) is 6.26. The van der Waals surface area contributed by atoms with Crippen LogP contribution in [0.4, 0.5) is 0 Å². The second kappa shape index (κ2) is 9.50. The Morgan fingerprint density at radius 3 is 2.49 bits per heavy atom. The molecule has 0 bridgehead atoms. The van der Waals surface area contributed by atoms with Crippen LogP contribution < -0.4 is 10.1 Å². The van der Waals surface area contributed by atoms with Gasteiger partial charge in [-0.15, -0.1) is 0 Å². The van der Waals surface area contributed by atoms with Crippen LogP contribution in [-0.4, -0.2) is 55.1 Å². The summed E-state index contributed by atoms with van der Waals surface area (Å²) in [6.07, 6.45) is 2.85. The van der Waals surface area contributed by atoms with Crippen LogP contribution in [0.1, 0.15) is 50.9 Å². The maximum atomic E-state index is 13.2. The van der Waals surface area contributed by atoms with Gasteiger partial charge < -0.3 is 19.7 Å². The van der Waals surface area contributed by atoms with E-state index in [0.717, 1.165) is 18.4 Å². The standard InChI is InChI=1S/C28H29N3O4/c1-34-20-9-7-8-19(18-20)27(33)31-16-13-28(14-17-31)22-11-4-3-10-21(22)24(25(28)35-2)30-26(32)23-12-5-6-15-29-23/h3-12,15,18,24-25H,13-14,16-17H2,1-2H3,(H,30,32)/t24-,25+/m1/s1. The second-order valence-electron chi connectivity index (χ2n) is 9.09. The minimum absolute atomic E-state index is 0.000923. The van der Waals surface area contributed by atoms with E-state index in [2.05, 4.69) is 22.4 Å². The van der Waals surface area contributed by atoms with E-state index in [0.29, 0.717) is 30.1 Å². The number of carbonyl (C=O) groups excluding carboxylic acids is 2. The van der Waals surface area contributed by atoms with E-state index in [1.807, 2.05) is 35.2 Å². The third kappa shape index (κ3) is 4.06. The molecule has 1 fully saturated rings. The van der Waals surface area contributed by atoms with E-state index in [1.54, 1.807) is 44.7 Å². The van der Waals surface area contributed by atoms with E-state index < -0.39 is 0 Å². The summed E-state index contributed by atoms with van der Waals surface area (Å²) in [5.41, 5.74) is 2.96. The van der Waals surface area contributed by atoms with Crippen molar-refractivity contribution in [3.05, 3.63) is 95.3 Å². The van der Waals surface area contributed by atoms with Crippen LogP contribution in [0.2, 0.25) is 0 Å². The number of aromatic nitrogens is 1. The van der Waals surface area contributed by atoms with Crippen LogP contribution in [0, 0.1) is 0 Å². The van der Waals surface area contributed by atoms with Gasteiger partial charge in [0.2, 0.25) is 0 Å². The van der Waals surface area contributed by atoms with Crippen molar-refractivity contribution in [2.45, 2.75) is 30.4 Å². The van der Waals surface area contributed by atoms with E-state index in [-0.39, 0.29) is 29.4 Å². The maximum absolute atomic E-state index is 13.2. The number of hydrogen-bond acceptors (Lipinski definition) is 5. The zero-order valence-corrected chi connectivity index (χ0v) is 19.9. The third-order valence-electron chi connectivity index (χ3n) is 7.38. The van der Waals surface area contributed by atoms with Crippen LogP contribution in [0.5, 0.6) is 5.75 Å². The number of methoxy groups -OCH3 is 2. The van der Waals surface area contributed by atoms with Crippen molar-refractivity contribution in [3.8, 4) is 5.75 Å². The molecule has 0 saturated carbocycles. The molecule has 0 radical (unpaired) electrons. The lowest BCUT2D eigenvalue weighted by atomic mass is 9.71. The molecule has 7 heteroatoms. The van der Waals surface area contributed by atoms with Gasteiger partial charge in [0.05, 0.1) is 19.3 Å². The molecule has 2 heterocycles. The smallest absolute Gasteiger partial charge is 0.270 e. The molecule has 180 valence electrons. The third-order valence-corrected chi connectivity index (χ3v) is 7.38. The highest BCUT2D eigenvalue weighted by Gasteiger charge is 2.54. The number of fused-ring (bicyclic) bond motifs is 2. The summed E-state index contributed by atoms with van der Waals surface area (Å²) >= 11 is 0. The van der Waals surface area contributed by atoms with Gasteiger partial charge in [-0.05, 0) is 54.3 Å². The summed E-state index contributed by atoms with van der Waals surface area (Å²) in [6.45, 7) is 1.20. The minimum Gasteiger partial charge on any atom is -0.497 e. The summed E-state index contributed by atoms with van der Waals surface area (Å²) in [5.74, 6) is 0.439. The normalized spacial score (nSPS) is 20.3. The number of hydrogen-bond donors (Lipinski definition) is 1. The lowest BCUT2D eigenvalue weighted by Crippen LogP contribution is -2.51. The Bertz CT molecular complexity index is 1220. The van der Waals surface area contributed by atoms with Crippen molar-refractivity contribution < 1.29 is 19.1 Å². The number of nitrogens with one attached hydrogen (secondary N) is 1. The first-order valence-electron chi connectivity index (χ1n) is 11.8. The minimum atomic E-state index is -0.300. The predicted octanol–water partition coefficient (Wildman–Crippen LogP) is 3.76. The Morgan fingerprint density at radius 2 is 1.77 bits per heavy atom. The number of carbonyl (C=O) groups is 2. The van der Waals surface area contributed by atoms with Gasteiger partial charge in [0, 0.05) is 37.4 Å². The molecule has 2 amide bonds. The van der Waals surface area contributed by atoms with Gasteiger partial charge in [-0.2, -0.15) is 0 Å². The highest BCUT2D eigenvalue weighted by atomic mass is 16.5.